The van der Waals surface area contributed by atoms with E-state index in [0.717, 1.165) is 6.08 Å². The van der Waals surface area contributed by atoms with Crippen molar-refractivity contribution in [2.45, 2.75) is 19.6 Å². The van der Waals surface area contributed by atoms with Crippen LogP contribution in [-0.4, -0.2) is 30.4 Å². The summed E-state index contributed by atoms with van der Waals surface area (Å²) in [5.41, 5.74) is 0. The van der Waals surface area contributed by atoms with E-state index in [0.29, 0.717) is 12.5 Å². The SMILES string of the molecule is CCC(OC)OC(=O)C=CC(=O)O. The minimum atomic E-state index is -1.19. The molecule has 0 aromatic rings. The molecule has 0 bridgehead atoms. The van der Waals surface area contributed by atoms with E-state index in [9.17, 15) is 9.59 Å². The van der Waals surface area contributed by atoms with Crippen molar-refractivity contribution in [1.29, 1.82) is 0 Å². The first kappa shape index (κ1) is 11.6. The fraction of sp³-hybridized carbons (Fsp3) is 0.500. The van der Waals surface area contributed by atoms with E-state index in [2.05, 4.69) is 4.74 Å². The van der Waals surface area contributed by atoms with Gasteiger partial charge in [0.2, 0.25) is 6.29 Å². The largest absolute Gasteiger partial charge is 0.478 e. The lowest BCUT2D eigenvalue weighted by Crippen LogP contribution is -2.17. The van der Waals surface area contributed by atoms with Gasteiger partial charge in [-0.15, -0.1) is 0 Å². The van der Waals surface area contributed by atoms with Gasteiger partial charge in [-0.3, -0.25) is 0 Å². The van der Waals surface area contributed by atoms with Crippen LogP contribution in [-0.2, 0) is 19.1 Å². The molecule has 74 valence electrons. The Bertz CT molecular complexity index is 205. The molecule has 0 fully saturated rings. The Balaban J connectivity index is 3.92. The molecule has 5 heteroatoms. The van der Waals surface area contributed by atoms with Crippen molar-refractivity contribution in [2.75, 3.05) is 7.11 Å². The molecule has 0 aromatic carbocycles. The number of ether oxygens (including phenoxy) is 2. The number of hydrogen-bond acceptors (Lipinski definition) is 4. The molecule has 0 amide bonds. The lowest BCUT2D eigenvalue weighted by molar-refractivity contribution is -0.167. The highest BCUT2D eigenvalue weighted by Gasteiger charge is 2.08. The van der Waals surface area contributed by atoms with Gasteiger partial charge in [0.1, 0.15) is 0 Å². The number of aliphatic carboxylic acids is 1. The van der Waals surface area contributed by atoms with E-state index >= 15 is 0 Å². The molecule has 13 heavy (non-hydrogen) atoms. The standard InChI is InChI=1S/C8H12O5/c1-3-8(12-2)13-7(11)5-4-6(9)10/h4-5,8H,3H2,1-2H3,(H,9,10). The molecule has 0 saturated heterocycles. The molecular formula is C8H12O5. The van der Waals surface area contributed by atoms with Crippen molar-refractivity contribution < 1.29 is 24.2 Å². The van der Waals surface area contributed by atoms with E-state index in [4.69, 9.17) is 9.84 Å². The summed E-state index contributed by atoms with van der Waals surface area (Å²) in [5.74, 6) is -1.92. The number of methoxy groups -OCH3 is 1. The topological polar surface area (TPSA) is 72.8 Å². The second-order valence-corrected chi connectivity index (χ2v) is 2.18. The molecule has 1 unspecified atom stereocenters. The molecule has 0 radical (unpaired) electrons. The van der Waals surface area contributed by atoms with Crippen LogP contribution < -0.4 is 0 Å². The van der Waals surface area contributed by atoms with Crippen molar-refractivity contribution in [3.05, 3.63) is 12.2 Å². The molecule has 0 heterocycles. The van der Waals surface area contributed by atoms with Gasteiger partial charge in [0, 0.05) is 25.7 Å². The average molecular weight is 188 g/mol. The van der Waals surface area contributed by atoms with E-state index in [1.54, 1.807) is 6.92 Å². The molecule has 0 aliphatic heterocycles. The van der Waals surface area contributed by atoms with Gasteiger partial charge in [-0.2, -0.15) is 0 Å². The number of esters is 1. The van der Waals surface area contributed by atoms with Crippen molar-refractivity contribution in [2.24, 2.45) is 0 Å². The first-order valence-corrected chi connectivity index (χ1v) is 3.74. The van der Waals surface area contributed by atoms with E-state index < -0.39 is 18.2 Å². The Morgan fingerprint density at radius 1 is 1.46 bits per heavy atom. The fourth-order valence-corrected chi connectivity index (χ4v) is 0.606. The van der Waals surface area contributed by atoms with Gasteiger partial charge in [0.05, 0.1) is 0 Å². The second-order valence-electron chi connectivity index (χ2n) is 2.18. The van der Waals surface area contributed by atoms with Gasteiger partial charge in [-0.05, 0) is 0 Å². The van der Waals surface area contributed by atoms with Gasteiger partial charge < -0.3 is 14.6 Å². The lowest BCUT2D eigenvalue weighted by atomic mass is 10.4. The maximum absolute atomic E-state index is 10.8. The number of hydrogen-bond donors (Lipinski definition) is 1. The molecule has 0 aliphatic rings. The summed E-state index contributed by atoms with van der Waals surface area (Å²) < 4.78 is 9.44. The van der Waals surface area contributed by atoms with E-state index in [1.807, 2.05) is 0 Å². The summed E-state index contributed by atoms with van der Waals surface area (Å²) >= 11 is 0. The van der Waals surface area contributed by atoms with Gasteiger partial charge in [0.25, 0.3) is 0 Å². The maximum Gasteiger partial charge on any atom is 0.333 e. The molecular weight excluding hydrogens is 176 g/mol. The Morgan fingerprint density at radius 2 is 2.08 bits per heavy atom. The second kappa shape index (κ2) is 6.19. The van der Waals surface area contributed by atoms with Crippen LogP contribution in [0.2, 0.25) is 0 Å². The van der Waals surface area contributed by atoms with Crippen LogP contribution in [0.15, 0.2) is 12.2 Å². The van der Waals surface area contributed by atoms with Crippen LogP contribution in [0.4, 0.5) is 0 Å². The van der Waals surface area contributed by atoms with E-state index in [1.165, 1.54) is 7.11 Å². The summed E-state index contributed by atoms with van der Waals surface area (Å²) in [5, 5.41) is 8.19. The van der Waals surface area contributed by atoms with Crippen molar-refractivity contribution in [3.8, 4) is 0 Å². The normalized spacial score (nSPS) is 12.8. The number of carboxylic acid groups (broad SMARTS) is 1. The highest BCUT2D eigenvalue weighted by Crippen LogP contribution is 1.98. The summed E-state index contributed by atoms with van der Waals surface area (Å²) in [6.07, 6.45) is 1.45. The first-order valence-electron chi connectivity index (χ1n) is 3.74. The summed E-state index contributed by atoms with van der Waals surface area (Å²) in [7, 11) is 1.41. The zero-order valence-electron chi connectivity index (χ0n) is 7.52. The molecule has 0 aliphatic carbocycles. The molecule has 0 saturated carbocycles. The highest BCUT2D eigenvalue weighted by atomic mass is 16.7. The van der Waals surface area contributed by atoms with Gasteiger partial charge in [-0.1, -0.05) is 6.92 Å². The molecule has 1 N–H and O–H groups in total. The number of rotatable bonds is 5. The van der Waals surface area contributed by atoms with Crippen LogP contribution in [0.1, 0.15) is 13.3 Å². The third-order valence-electron chi connectivity index (χ3n) is 1.21. The van der Waals surface area contributed by atoms with Crippen molar-refractivity contribution >= 4 is 11.9 Å². The Hall–Kier alpha value is -1.36. The van der Waals surface area contributed by atoms with Crippen LogP contribution in [0.25, 0.3) is 0 Å². The van der Waals surface area contributed by atoms with Crippen LogP contribution in [0.5, 0.6) is 0 Å². The van der Waals surface area contributed by atoms with Crippen LogP contribution in [0, 0.1) is 0 Å². The van der Waals surface area contributed by atoms with Crippen LogP contribution in [0.3, 0.4) is 0 Å². The predicted molar refractivity (Wildman–Crippen MR) is 44.0 cm³/mol. The highest BCUT2D eigenvalue weighted by molar-refractivity contribution is 5.90. The van der Waals surface area contributed by atoms with Crippen molar-refractivity contribution in [3.63, 3.8) is 0 Å². The first-order chi connectivity index (χ1) is 6.10. The lowest BCUT2D eigenvalue weighted by Gasteiger charge is -2.11. The predicted octanol–water partition coefficient (Wildman–Crippen LogP) is 0.553. The minimum absolute atomic E-state index is 0.517. The molecule has 1 atom stereocenters. The zero-order valence-corrected chi connectivity index (χ0v) is 7.52. The molecule has 0 rings (SSSR count). The molecule has 5 nitrogen and oxygen atoms in total. The minimum Gasteiger partial charge on any atom is -0.478 e. The van der Waals surface area contributed by atoms with E-state index in [-0.39, 0.29) is 0 Å². The smallest absolute Gasteiger partial charge is 0.333 e. The summed E-state index contributed by atoms with van der Waals surface area (Å²) in [4.78, 5) is 20.8. The number of carbonyl (C=O) groups is 2. The van der Waals surface area contributed by atoms with Crippen LogP contribution >= 0.6 is 0 Å². The van der Waals surface area contributed by atoms with Gasteiger partial charge in [-0.25, -0.2) is 9.59 Å². The Labute approximate surface area is 75.9 Å². The third-order valence-corrected chi connectivity index (χ3v) is 1.21. The maximum atomic E-state index is 10.8. The Kier molecular flexibility index (Phi) is 5.54. The average Bonchev–Trinajstić information content (AvgIpc) is 2.10. The number of carboxylic acids is 1. The quantitative estimate of drug-likeness (QED) is 0.387. The summed E-state index contributed by atoms with van der Waals surface area (Å²) in [6, 6.07) is 0. The monoisotopic (exact) mass is 188 g/mol. The number of carbonyl (C=O) groups excluding carboxylic acids is 1. The third kappa shape index (κ3) is 5.86. The zero-order chi connectivity index (χ0) is 10.3. The van der Waals surface area contributed by atoms with Crippen molar-refractivity contribution in [1.82, 2.24) is 0 Å². The van der Waals surface area contributed by atoms with Gasteiger partial charge >= 0.3 is 11.9 Å². The molecule has 0 aromatic heterocycles. The summed E-state index contributed by atoms with van der Waals surface area (Å²) in [6.45, 7) is 1.78. The Morgan fingerprint density at radius 3 is 2.46 bits per heavy atom. The van der Waals surface area contributed by atoms with Gasteiger partial charge in [0.15, 0.2) is 0 Å². The molecule has 0 spiro atoms. The fourth-order valence-electron chi connectivity index (χ4n) is 0.606.